The number of aromatic nitrogens is 1. The third-order valence-corrected chi connectivity index (χ3v) is 12.5. The Morgan fingerprint density at radius 1 is 1.04 bits per heavy atom. The Balaban J connectivity index is 1.35. The van der Waals surface area contributed by atoms with Crippen LogP contribution in [-0.2, 0) is 27.5 Å². The van der Waals surface area contributed by atoms with E-state index in [9.17, 15) is 23.3 Å². The van der Waals surface area contributed by atoms with E-state index >= 15 is 0 Å². The lowest BCUT2D eigenvalue weighted by molar-refractivity contribution is -0.132. The number of piperidine rings is 1. The van der Waals surface area contributed by atoms with E-state index in [0.717, 1.165) is 11.1 Å². The zero-order valence-corrected chi connectivity index (χ0v) is 25.7. The Morgan fingerprint density at radius 3 is 2.47 bits per heavy atom. The van der Waals surface area contributed by atoms with Gasteiger partial charge in [0, 0.05) is 55.9 Å². The summed E-state index contributed by atoms with van der Waals surface area (Å²) in [7, 11) is -3.87. The van der Waals surface area contributed by atoms with Crippen LogP contribution in [0.1, 0.15) is 27.0 Å². The van der Waals surface area contributed by atoms with Crippen LogP contribution >= 0.6 is 11.3 Å². The first-order chi connectivity index (χ1) is 21.8. The van der Waals surface area contributed by atoms with Crippen molar-refractivity contribution in [2.45, 2.75) is 34.1 Å². The summed E-state index contributed by atoms with van der Waals surface area (Å²) in [6, 6.07) is 21.7. The molecule has 226 valence electrons. The largest absolute Gasteiger partial charge is 0.357 e. The van der Waals surface area contributed by atoms with Crippen molar-refractivity contribution < 1.29 is 18.0 Å². The van der Waals surface area contributed by atoms with Crippen molar-refractivity contribution in [3.63, 3.8) is 0 Å². The number of nitrogens with one attached hydrogen (secondary N) is 2. The van der Waals surface area contributed by atoms with Crippen molar-refractivity contribution in [1.29, 1.82) is 5.26 Å². The molecule has 2 saturated heterocycles. The normalized spacial score (nSPS) is 26.3. The second kappa shape index (κ2) is 11.1. The molecule has 1 amide bonds. The van der Waals surface area contributed by atoms with E-state index in [1.54, 1.807) is 71.9 Å². The SMILES string of the molecule is N#Cc1ccc(C(=O)C=C2NC(Cc3ccncc3)(Cc3ccsc3)C(=O)N2C2C3CNCC32S(=O)(=O)c2ccccc2)cc1. The van der Waals surface area contributed by atoms with Crippen molar-refractivity contribution in [2.75, 3.05) is 13.1 Å². The Hall–Kier alpha value is -4.63. The molecule has 45 heavy (non-hydrogen) atoms. The van der Waals surface area contributed by atoms with Crippen LogP contribution in [0.2, 0.25) is 0 Å². The number of ketones is 1. The van der Waals surface area contributed by atoms with Gasteiger partial charge in [-0.25, -0.2) is 8.42 Å². The number of rotatable bonds is 9. The molecule has 2 N–H and O–H groups in total. The van der Waals surface area contributed by atoms with Crippen molar-refractivity contribution in [3.8, 4) is 6.07 Å². The lowest BCUT2D eigenvalue weighted by Crippen LogP contribution is -2.52. The smallest absolute Gasteiger partial charge is 0.254 e. The van der Waals surface area contributed by atoms with Gasteiger partial charge in [0.05, 0.1) is 22.6 Å². The fourth-order valence-corrected chi connectivity index (χ4v) is 10.0. The number of fused-ring (bicyclic) bond motifs is 1. The fraction of sp³-hybridized carbons (Fsp3) is 0.235. The summed E-state index contributed by atoms with van der Waals surface area (Å²) in [6.45, 7) is 0.626. The topological polar surface area (TPSA) is 132 Å². The molecule has 2 aromatic heterocycles. The highest BCUT2D eigenvalue weighted by atomic mass is 32.2. The van der Waals surface area contributed by atoms with E-state index in [-0.39, 0.29) is 34.9 Å². The van der Waals surface area contributed by atoms with E-state index in [1.807, 2.05) is 29.0 Å². The highest BCUT2D eigenvalue weighted by Crippen LogP contribution is 2.59. The average molecular weight is 636 g/mol. The third-order valence-electron chi connectivity index (χ3n) is 9.16. The number of allylic oxidation sites excluding steroid dienone is 1. The van der Waals surface area contributed by atoms with Gasteiger partial charge in [0.1, 0.15) is 16.1 Å². The summed E-state index contributed by atoms with van der Waals surface area (Å²) in [6.07, 6.45) is 5.38. The maximum atomic E-state index is 14.9. The number of thiophene rings is 1. The van der Waals surface area contributed by atoms with Gasteiger partial charge in [0.25, 0.3) is 5.91 Å². The summed E-state index contributed by atoms with van der Waals surface area (Å²) < 4.78 is 27.3. The number of hydrogen-bond donors (Lipinski definition) is 2. The van der Waals surface area contributed by atoms with Gasteiger partial charge in [0.15, 0.2) is 15.6 Å². The van der Waals surface area contributed by atoms with Crippen LogP contribution in [0.15, 0.2) is 113 Å². The number of nitriles is 1. The van der Waals surface area contributed by atoms with Crippen LogP contribution in [0.5, 0.6) is 0 Å². The predicted molar refractivity (Wildman–Crippen MR) is 169 cm³/mol. The Labute approximate surface area is 265 Å². The number of amides is 1. The van der Waals surface area contributed by atoms with Crippen LogP contribution in [0, 0.1) is 17.2 Å². The second-order valence-corrected chi connectivity index (χ2v) is 14.8. The molecule has 4 unspecified atom stereocenters. The minimum atomic E-state index is -3.87. The molecule has 2 aromatic carbocycles. The number of carbonyl (C=O) groups is 2. The molecule has 0 bridgehead atoms. The quantitative estimate of drug-likeness (QED) is 0.211. The zero-order chi connectivity index (χ0) is 31.2. The van der Waals surface area contributed by atoms with Crippen LogP contribution in [0.4, 0.5) is 0 Å². The third kappa shape index (κ3) is 4.77. The van der Waals surface area contributed by atoms with Gasteiger partial charge in [-0.1, -0.05) is 18.2 Å². The average Bonchev–Trinajstić information content (AvgIpc) is 3.47. The molecule has 3 fully saturated rings. The molecule has 0 spiro atoms. The molecule has 1 aliphatic carbocycles. The second-order valence-electron chi connectivity index (χ2n) is 11.8. The fourth-order valence-electron chi connectivity index (χ4n) is 6.98. The number of benzene rings is 2. The number of hydrogen-bond acceptors (Lipinski definition) is 9. The summed E-state index contributed by atoms with van der Waals surface area (Å²) in [5.41, 5.74) is 1.43. The van der Waals surface area contributed by atoms with Gasteiger partial charge in [0.2, 0.25) is 0 Å². The number of sulfone groups is 1. The molecule has 7 rings (SSSR count). The molecule has 1 saturated carbocycles. The Kier molecular flexibility index (Phi) is 7.16. The summed E-state index contributed by atoms with van der Waals surface area (Å²) in [5, 5.41) is 19.9. The van der Waals surface area contributed by atoms with E-state index in [2.05, 4.69) is 21.7 Å². The minimum absolute atomic E-state index is 0.197. The molecule has 11 heteroatoms. The molecular formula is C34H29N5O4S2. The number of pyridine rings is 1. The first-order valence-electron chi connectivity index (χ1n) is 14.6. The van der Waals surface area contributed by atoms with Crippen molar-refractivity contribution in [1.82, 2.24) is 20.5 Å². The van der Waals surface area contributed by atoms with E-state index < -0.39 is 26.2 Å². The van der Waals surface area contributed by atoms with Crippen LogP contribution < -0.4 is 10.6 Å². The van der Waals surface area contributed by atoms with Gasteiger partial charge < -0.3 is 10.6 Å². The van der Waals surface area contributed by atoms with E-state index in [0.29, 0.717) is 30.5 Å². The maximum Gasteiger partial charge on any atom is 0.254 e. The van der Waals surface area contributed by atoms with Crippen LogP contribution in [-0.4, -0.2) is 59.4 Å². The Morgan fingerprint density at radius 2 is 1.78 bits per heavy atom. The monoisotopic (exact) mass is 635 g/mol. The van der Waals surface area contributed by atoms with Crippen molar-refractivity contribution in [3.05, 3.63) is 130 Å². The summed E-state index contributed by atoms with van der Waals surface area (Å²) in [4.78, 5) is 34.5. The van der Waals surface area contributed by atoms with Crippen LogP contribution in [0.25, 0.3) is 0 Å². The first kappa shape index (κ1) is 29.1. The molecule has 0 radical (unpaired) electrons. The molecule has 4 aromatic rings. The maximum absolute atomic E-state index is 14.9. The Bertz CT molecular complexity index is 1940. The number of nitrogens with zero attached hydrogens (tertiary/aromatic N) is 3. The highest BCUT2D eigenvalue weighted by Gasteiger charge is 2.79. The van der Waals surface area contributed by atoms with E-state index in [4.69, 9.17) is 0 Å². The molecule has 3 aliphatic rings. The zero-order valence-electron chi connectivity index (χ0n) is 24.1. The van der Waals surface area contributed by atoms with Gasteiger partial charge in [-0.3, -0.25) is 19.5 Å². The van der Waals surface area contributed by atoms with Gasteiger partial charge in [-0.15, -0.1) is 0 Å². The van der Waals surface area contributed by atoms with Crippen molar-refractivity contribution in [2.24, 2.45) is 5.92 Å². The minimum Gasteiger partial charge on any atom is -0.357 e. The molecule has 4 heterocycles. The lowest BCUT2D eigenvalue weighted by atomic mass is 9.85. The van der Waals surface area contributed by atoms with E-state index in [1.165, 1.54) is 17.4 Å². The molecule has 4 atom stereocenters. The standard InChI is InChI=1S/C34H29N5O4S2/c35-19-24-6-8-26(9-7-24)29(40)16-30-38-33(18-25-12-15-44-21-25,17-23-10-13-36-14-11-23)32(41)39(30)31-28-20-37-22-34(28,31)45(42,43)27-4-2-1-3-5-27/h1-16,21,28,31,37-38H,17-18,20,22H2. The first-order valence-corrected chi connectivity index (χ1v) is 17.0. The number of carbonyl (C=O) groups excluding carboxylic acids is 2. The summed E-state index contributed by atoms with van der Waals surface area (Å²) >= 11 is 1.53. The lowest BCUT2D eigenvalue weighted by Gasteiger charge is -2.28. The highest BCUT2D eigenvalue weighted by molar-refractivity contribution is 7.93. The molecule has 2 aliphatic heterocycles. The van der Waals surface area contributed by atoms with Crippen molar-refractivity contribution >= 4 is 32.9 Å². The van der Waals surface area contributed by atoms with Gasteiger partial charge >= 0.3 is 0 Å². The van der Waals surface area contributed by atoms with Crippen LogP contribution in [0.3, 0.4) is 0 Å². The predicted octanol–water partition coefficient (Wildman–Crippen LogP) is 3.51. The molecular weight excluding hydrogens is 607 g/mol. The van der Waals surface area contributed by atoms with Gasteiger partial charge in [-0.2, -0.15) is 16.6 Å². The van der Waals surface area contributed by atoms with Gasteiger partial charge in [-0.05, 0) is 76.5 Å². The molecule has 9 nitrogen and oxygen atoms in total. The summed E-state index contributed by atoms with van der Waals surface area (Å²) in [5.74, 6) is -0.717.